The smallest absolute Gasteiger partial charge is 0.193 e. The minimum absolute atomic E-state index is 0. The van der Waals surface area contributed by atoms with Crippen LogP contribution in [0.2, 0.25) is 0 Å². The molecular weight excluding hydrogens is 433 g/mol. The molecule has 24 heavy (non-hydrogen) atoms. The Balaban J connectivity index is 0.00000208. The molecule has 3 rings (SSSR count). The van der Waals surface area contributed by atoms with Crippen LogP contribution in [0, 0.1) is 0 Å². The van der Waals surface area contributed by atoms with E-state index in [1.165, 1.54) is 24.0 Å². The molecule has 1 aromatic heterocycles. The number of nitrogens with zero attached hydrogens (tertiary/aromatic N) is 1. The van der Waals surface area contributed by atoms with Crippen molar-refractivity contribution in [2.75, 3.05) is 11.9 Å². The van der Waals surface area contributed by atoms with Crippen molar-refractivity contribution in [2.45, 2.75) is 38.2 Å². The lowest BCUT2D eigenvalue weighted by atomic mass is 9.90. The minimum atomic E-state index is -0.998. The number of nitrogens with one attached hydrogen (secondary N) is 1. The average Bonchev–Trinajstić information content (AvgIpc) is 3.09. The summed E-state index contributed by atoms with van der Waals surface area (Å²) in [6.45, 7) is 1.99. The third-order valence-electron chi connectivity index (χ3n) is 4.36. The van der Waals surface area contributed by atoms with Gasteiger partial charge in [0.15, 0.2) is 5.96 Å². The normalized spacial score (nSPS) is 16.7. The second-order valence-electron chi connectivity index (χ2n) is 6.26. The summed E-state index contributed by atoms with van der Waals surface area (Å²) in [5.74, 6) is 0.347. The van der Waals surface area contributed by atoms with E-state index in [0.717, 1.165) is 24.1 Å². The zero-order valence-electron chi connectivity index (χ0n) is 13.8. The summed E-state index contributed by atoms with van der Waals surface area (Å²) in [6, 6.07) is 8.20. The van der Waals surface area contributed by atoms with Gasteiger partial charge in [-0.05, 0) is 72.2 Å². The maximum atomic E-state index is 10.5. The highest BCUT2D eigenvalue weighted by Gasteiger charge is 2.23. The van der Waals surface area contributed by atoms with E-state index in [4.69, 9.17) is 5.73 Å². The van der Waals surface area contributed by atoms with Gasteiger partial charge in [-0.2, -0.15) is 11.3 Å². The number of nitrogens with two attached hydrogens (primary N) is 1. The van der Waals surface area contributed by atoms with Gasteiger partial charge < -0.3 is 16.2 Å². The number of thiophene rings is 1. The van der Waals surface area contributed by atoms with Crippen molar-refractivity contribution < 1.29 is 5.11 Å². The van der Waals surface area contributed by atoms with Crippen molar-refractivity contribution in [1.29, 1.82) is 0 Å². The molecule has 0 radical (unpaired) electrons. The first-order chi connectivity index (χ1) is 11.1. The molecule has 1 aliphatic carbocycles. The summed E-state index contributed by atoms with van der Waals surface area (Å²) in [4.78, 5) is 4.33. The van der Waals surface area contributed by atoms with Crippen molar-refractivity contribution in [3.8, 4) is 0 Å². The van der Waals surface area contributed by atoms with Gasteiger partial charge >= 0.3 is 0 Å². The highest BCUT2D eigenvalue weighted by molar-refractivity contribution is 14.0. The molecule has 0 aliphatic heterocycles. The molecule has 6 heteroatoms. The Morgan fingerprint density at radius 2 is 2.12 bits per heavy atom. The van der Waals surface area contributed by atoms with E-state index in [1.54, 1.807) is 18.3 Å². The summed E-state index contributed by atoms with van der Waals surface area (Å²) in [7, 11) is 0. The van der Waals surface area contributed by atoms with Gasteiger partial charge in [-0.25, -0.2) is 4.99 Å². The maximum absolute atomic E-state index is 10.5. The molecule has 0 saturated carbocycles. The van der Waals surface area contributed by atoms with E-state index in [1.807, 2.05) is 22.9 Å². The minimum Gasteiger partial charge on any atom is -0.383 e. The van der Waals surface area contributed by atoms with Crippen LogP contribution in [0.4, 0.5) is 5.69 Å². The largest absolute Gasteiger partial charge is 0.383 e. The molecule has 0 fully saturated rings. The van der Waals surface area contributed by atoms with E-state index in [2.05, 4.69) is 22.4 Å². The molecule has 1 heterocycles. The molecule has 4 nitrogen and oxygen atoms in total. The van der Waals surface area contributed by atoms with Crippen molar-refractivity contribution in [1.82, 2.24) is 0 Å². The maximum Gasteiger partial charge on any atom is 0.193 e. The van der Waals surface area contributed by atoms with Gasteiger partial charge in [-0.1, -0.05) is 12.1 Å². The fourth-order valence-corrected chi connectivity index (χ4v) is 3.76. The number of rotatable bonds is 4. The number of fused-ring (bicyclic) bond motifs is 1. The number of aryl methyl sites for hydroxylation is 1. The number of guanidine groups is 1. The molecule has 130 valence electrons. The number of aliphatic imine (C=N–C) groups is 1. The Labute approximate surface area is 164 Å². The summed E-state index contributed by atoms with van der Waals surface area (Å²) in [6.07, 6.45) is 4.69. The number of halogens is 1. The van der Waals surface area contributed by atoms with Gasteiger partial charge in [-0.3, -0.25) is 0 Å². The fourth-order valence-electron chi connectivity index (χ4n) is 2.98. The topological polar surface area (TPSA) is 70.6 Å². The number of hydrogen-bond donors (Lipinski definition) is 3. The SMILES string of the molecule is CC(O)(CN=C(N)Nc1cccc2c1CCCC2)c1ccsc1.I. The summed E-state index contributed by atoms with van der Waals surface area (Å²) in [5.41, 5.74) is 9.69. The summed E-state index contributed by atoms with van der Waals surface area (Å²) < 4.78 is 0. The lowest BCUT2D eigenvalue weighted by Crippen LogP contribution is -2.29. The Kier molecular flexibility index (Phi) is 6.65. The molecule has 0 amide bonds. The second kappa shape index (κ2) is 8.31. The highest BCUT2D eigenvalue weighted by atomic mass is 127. The van der Waals surface area contributed by atoms with Gasteiger partial charge in [0, 0.05) is 5.69 Å². The van der Waals surface area contributed by atoms with E-state index in [9.17, 15) is 5.11 Å². The van der Waals surface area contributed by atoms with E-state index < -0.39 is 5.60 Å². The van der Waals surface area contributed by atoms with Crippen molar-refractivity contribution >= 4 is 47.0 Å². The van der Waals surface area contributed by atoms with Gasteiger partial charge in [0.25, 0.3) is 0 Å². The predicted octanol–water partition coefficient (Wildman–Crippen LogP) is 3.88. The molecular formula is C18H24IN3OS. The molecule has 0 bridgehead atoms. The zero-order chi connectivity index (χ0) is 16.3. The quantitative estimate of drug-likeness (QED) is 0.371. The van der Waals surface area contributed by atoms with Crippen molar-refractivity contribution in [2.24, 2.45) is 10.7 Å². The first-order valence-corrected chi connectivity index (χ1v) is 8.93. The molecule has 0 saturated heterocycles. The van der Waals surface area contributed by atoms with E-state index >= 15 is 0 Å². The summed E-state index contributed by atoms with van der Waals surface area (Å²) >= 11 is 1.56. The van der Waals surface area contributed by atoms with Crippen LogP contribution in [0.1, 0.15) is 36.5 Å². The van der Waals surface area contributed by atoms with Crippen LogP contribution in [-0.2, 0) is 18.4 Å². The lowest BCUT2D eigenvalue weighted by molar-refractivity contribution is 0.0678. The first kappa shape index (κ1) is 19.2. The molecule has 2 aromatic rings. The third kappa shape index (κ3) is 4.49. The third-order valence-corrected chi connectivity index (χ3v) is 5.04. The number of anilines is 1. The Bertz CT molecular complexity index is 698. The molecule has 1 aliphatic rings. The average molecular weight is 457 g/mol. The second-order valence-corrected chi connectivity index (χ2v) is 7.04. The molecule has 4 N–H and O–H groups in total. The molecule has 0 spiro atoms. The van der Waals surface area contributed by atoms with Crippen LogP contribution in [-0.4, -0.2) is 17.6 Å². The highest BCUT2D eigenvalue weighted by Crippen LogP contribution is 2.28. The van der Waals surface area contributed by atoms with Gasteiger partial charge in [0.1, 0.15) is 5.60 Å². The Morgan fingerprint density at radius 3 is 2.88 bits per heavy atom. The number of benzene rings is 1. The molecule has 1 unspecified atom stereocenters. The fraction of sp³-hybridized carbons (Fsp3) is 0.389. The van der Waals surface area contributed by atoms with Crippen molar-refractivity contribution in [3.05, 3.63) is 51.7 Å². The zero-order valence-corrected chi connectivity index (χ0v) is 16.9. The van der Waals surface area contributed by atoms with Crippen LogP contribution >= 0.6 is 35.3 Å². The van der Waals surface area contributed by atoms with Crippen LogP contribution in [0.25, 0.3) is 0 Å². The van der Waals surface area contributed by atoms with Crippen LogP contribution in [0.5, 0.6) is 0 Å². The lowest BCUT2D eigenvalue weighted by Gasteiger charge is -2.21. The van der Waals surface area contributed by atoms with Crippen LogP contribution in [0.15, 0.2) is 40.0 Å². The first-order valence-electron chi connectivity index (χ1n) is 7.99. The van der Waals surface area contributed by atoms with Crippen LogP contribution < -0.4 is 11.1 Å². The number of aliphatic hydroxyl groups is 1. The number of hydrogen-bond acceptors (Lipinski definition) is 3. The molecule has 1 aromatic carbocycles. The van der Waals surface area contributed by atoms with Crippen LogP contribution in [0.3, 0.4) is 0 Å². The monoisotopic (exact) mass is 457 g/mol. The Morgan fingerprint density at radius 1 is 1.33 bits per heavy atom. The predicted molar refractivity (Wildman–Crippen MR) is 113 cm³/mol. The van der Waals surface area contributed by atoms with Gasteiger partial charge in [0.05, 0.1) is 6.54 Å². The van der Waals surface area contributed by atoms with E-state index in [-0.39, 0.29) is 30.5 Å². The standard InChI is InChI=1S/C18H23N3OS.HI/c1-18(22,14-9-10-23-11-14)12-20-17(19)21-16-8-4-6-13-5-2-3-7-15(13)16;/h4,6,8-11,22H,2-3,5,7,12H2,1H3,(H3,19,20,21);1H. The van der Waals surface area contributed by atoms with Gasteiger partial charge in [0.2, 0.25) is 0 Å². The van der Waals surface area contributed by atoms with E-state index in [0.29, 0.717) is 5.96 Å². The summed E-state index contributed by atoms with van der Waals surface area (Å²) in [5, 5.41) is 17.6. The van der Waals surface area contributed by atoms with Crippen molar-refractivity contribution in [3.63, 3.8) is 0 Å². The Hall–Kier alpha value is -1.12. The van der Waals surface area contributed by atoms with Gasteiger partial charge in [-0.15, -0.1) is 24.0 Å². The molecule has 1 atom stereocenters.